The van der Waals surface area contributed by atoms with E-state index in [0.29, 0.717) is 6.04 Å². The second kappa shape index (κ2) is 4.17. The van der Waals surface area contributed by atoms with Gasteiger partial charge in [-0.05, 0) is 34.1 Å². The average molecular weight is 173 g/mol. The first kappa shape index (κ1) is 11.1. The first-order chi connectivity index (χ1) is 4.95. The van der Waals surface area contributed by atoms with Gasteiger partial charge in [-0.15, -0.1) is 0 Å². The maximum Gasteiger partial charge on any atom is 0.0415 e. The molecule has 66 valence electrons. The summed E-state index contributed by atoms with van der Waals surface area (Å²) >= 11 is 1.86. The van der Waals surface area contributed by atoms with Crippen LogP contribution in [-0.2, 0) is 0 Å². The molecule has 0 aromatic carbocycles. The zero-order valence-corrected chi connectivity index (χ0v) is 9.01. The highest BCUT2D eigenvalue weighted by molar-refractivity contribution is 8.00. The van der Waals surface area contributed by atoms with Gasteiger partial charge in [0.2, 0.25) is 0 Å². The highest BCUT2D eigenvalue weighted by Gasteiger charge is 2.27. The van der Waals surface area contributed by atoms with Crippen LogP contribution in [0.2, 0.25) is 0 Å². The Morgan fingerprint density at radius 3 is 2.09 bits per heavy atom. The Labute approximate surface area is 74.6 Å². The summed E-state index contributed by atoms with van der Waals surface area (Å²) in [7, 11) is 1.98. The lowest BCUT2D eigenvalue weighted by atomic mass is 9.97. The van der Waals surface area contributed by atoms with Crippen LogP contribution in [0.5, 0.6) is 0 Å². The van der Waals surface area contributed by atoms with Crippen LogP contribution in [-0.4, -0.2) is 24.1 Å². The van der Waals surface area contributed by atoms with Crippen molar-refractivity contribution >= 4 is 11.8 Å². The fraction of sp³-hybridized carbons (Fsp3) is 0.778. The Bertz CT molecular complexity index is 140. The van der Waals surface area contributed by atoms with Crippen LogP contribution in [0.25, 0.3) is 0 Å². The summed E-state index contributed by atoms with van der Waals surface area (Å²) in [6.07, 6.45) is 2.13. The van der Waals surface area contributed by atoms with E-state index >= 15 is 0 Å². The van der Waals surface area contributed by atoms with Crippen LogP contribution in [0.15, 0.2) is 12.2 Å². The number of rotatable bonds is 4. The van der Waals surface area contributed by atoms with E-state index in [1.165, 1.54) is 5.57 Å². The molecule has 0 heterocycles. The molecule has 1 N–H and O–H groups in total. The fourth-order valence-corrected chi connectivity index (χ4v) is 1.86. The van der Waals surface area contributed by atoms with Crippen molar-refractivity contribution in [2.75, 3.05) is 13.3 Å². The molecule has 0 saturated carbocycles. The van der Waals surface area contributed by atoms with Crippen molar-refractivity contribution in [2.24, 2.45) is 0 Å². The summed E-state index contributed by atoms with van der Waals surface area (Å²) in [6.45, 7) is 10.5. The summed E-state index contributed by atoms with van der Waals surface area (Å²) in [5.74, 6) is 0. The summed E-state index contributed by atoms with van der Waals surface area (Å²) < 4.78 is 0.237. The molecule has 0 fully saturated rings. The van der Waals surface area contributed by atoms with Crippen molar-refractivity contribution in [2.45, 2.75) is 31.6 Å². The Morgan fingerprint density at radius 2 is 2.00 bits per heavy atom. The van der Waals surface area contributed by atoms with Crippen molar-refractivity contribution in [1.82, 2.24) is 5.32 Å². The minimum Gasteiger partial charge on any atom is -0.312 e. The average Bonchev–Trinajstić information content (AvgIpc) is 1.88. The molecule has 0 aromatic heterocycles. The lowest BCUT2D eigenvalue weighted by Crippen LogP contribution is -2.43. The summed E-state index contributed by atoms with van der Waals surface area (Å²) in [6, 6.07) is 0.400. The van der Waals surface area contributed by atoms with E-state index in [1.54, 1.807) is 0 Å². The molecule has 0 rings (SSSR count). The monoisotopic (exact) mass is 173 g/mol. The van der Waals surface area contributed by atoms with E-state index in [9.17, 15) is 0 Å². The molecule has 0 aliphatic heterocycles. The zero-order valence-electron chi connectivity index (χ0n) is 8.19. The predicted molar refractivity (Wildman–Crippen MR) is 55.3 cm³/mol. The van der Waals surface area contributed by atoms with Crippen LogP contribution in [0.1, 0.15) is 20.8 Å². The molecule has 0 bridgehead atoms. The van der Waals surface area contributed by atoms with Crippen molar-refractivity contribution in [3.63, 3.8) is 0 Å². The normalized spacial score (nSPS) is 14.6. The molecule has 0 amide bonds. The molecule has 2 heteroatoms. The van der Waals surface area contributed by atoms with Gasteiger partial charge >= 0.3 is 0 Å². The lowest BCUT2D eigenvalue weighted by Gasteiger charge is -2.32. The van der Waals surface area contributed by atoms with Gasteiger partial charge in [0.25, 0.3) is 0 Å². The Kier molecular flexibility index (Phi) is 4.19. The third kappa shape index (κ3) is 2.88. The van der Waals surface area contributed by atoms with Gasteiger partial charge in [0, 0.05) is 10.8 Å². The molecular formula is C9H19NS. The fourth-order valence-electron chi connectivity index (χ4n) is 1.31. The molecule has 0 radical (unpaired) electrons. The van der Waals surface area contributed by atoms with Crippen molar-refractivity contribution in [3.8, 4) is 0 Å². The molecule has 1 nitrogen and oxygen atoms in total. The second-order valence-electron chi connectivity index (χ2n) is 3.38. The van der Waals surface area contributed by atoms with E-state index in [2.05, 4.69) is 38.9 Å². The number of hydrogen-bond acceptors (Lipinski definition) is 2. The molecule has 11 heavy (non-hydrogen) atoms. The van der Waals surface area contributed by atoms with Gasteiger partial charge in [-0.25, -0.2) is 0 Å². The van der Waals surface area contributed by atoms with Gasteiger partial charge in [-0.3, -0.25) is 0 Å². The molecule has 0 spiro atoms. The number of thioether (sulfide) groups is 1. The topological polar surface area (TPSA) is 12.0 Å². The highest BCUT2D eigenvalue weighted by Crippen LogP contribution is 2.28. The minimum atomic E-state index is 0.237. The highest BCUT2D eigenvalue weighted by atomic mass is 32.2. The summed E-state index contributed by atoms with van der Waals surface area (Å²) in [5, 5.41) is 3.27. The van der Waals surface area contributed by atoms with E-state index in [4.69, 9.17) is 0 Å². The molecule has 0 aliphatic rings. The minimum absolute atomic E-state index is 0.237. The third-order valence-electron chi connectivity index (χ3n) is 2.00. The number of nitrogens with one attached hydrogen (secondary N) is 1. The van der Waals surface area contributed by atoms with Gasteiger partial charge in [0.1, 0.15) is 0 Å². The molecule has 0 aromatic rings. The standard InChI is InChI=1S/C9H19NS/c1-7(2)8(10-5)9(3,4)11-6/h8,10H,1H2,2-6H3. The Hall–Kier alpha value is 0.0500. The van der Waals surface area contributed by atoms with Crippen molar-refractivity contribution in [1.29, 1.82) is 0 Å². The second-order valence-corrected chi connectivity index (χ2v) is 4.84. The Morgan fingerprint density at radius 1 is 1.55 bits per heavy atom. The lowest BCUT2D eigenvalue weighted by molar-refractivity contribution is 0.521. The SMILES string of the molecule is C=C(C)C(NC)C(C)(C)SC. The van der Waals surface area contributed by atoms with E-state index in [0.717, 1.165) is 0 Å². The van der Waals surface area contributed by atoms with Crippen LogP contribution in [0, 0.1) is 0 Å². The Balaban J connectivity index is 4.36. The maximum absolute atomic E-state index is 3.96. The smallest absolute Gasteiger partial charge is 0.0415 e. The number of likely N-dealkylation sites (N-methyl/N-ethyl adjacent to an activating group) is 1. The molecule has 0 aliphatic carbocycles. The molecule has 1 atom stereocenters. The quantitative estimate of drug-likeness (QED) is 0.655. The molecular weight excluding hydrogens is 154 g/mol. The summed E-state index contributed by atoms with van der Waals surface area (Å²) in [4.78, 5) is 0. The van der Waals surface area contributed by atoms with E-state index < -0.39 is 0 Å². The van der Waals surface area contributed by atoms with Gasteiger partial charge < -0.3 is 5.32 Å². The first-order valence-corrected chi connectivity index (χ1v) is 5.06. The van der Waals surface area contributed by atoms with Crippen LogP contribution < -0.4 is 5.32 Å². The third-order valence-corrected chi connectivity index (χ3v) is 3.29. The maximum atomic E-state index is 3.96. The van der Waals surface area contributed by atoms with Crippen LogP contribution in [0.4, 0.5) is 0 Å². The van der Waals surface area contributed by atoms with Gasteiger partial charge in [-0.2, -0.15) is 11.8 Å². The summed E-state index contributed by atoms with van der Waals surface area (Å²) in [5.41, 5.74) is 1.20. The van der Waals surface area contributed by atoms with Crippen LogP contribution >= 0.6 is 11.8 Å². The molecule has 0 saturated heterocycles. The zero-order chi connectivity index (χ0) is 9.07. The van der Waals surface area contributed by atoms with Gasteiger partial charge in [-0.1, -0.05) is 12.2 Å². The van der Waals surface area contributed by atoms with E-state index in [-0.39, 0.29) is 4.75 Å². The van der Waals surface area contributed by atoms with Crippen LogP contribution in [0.3, 0.4) is 0 Å². The molecule has 1 unspecified atom stereocenters. The first-order valence-electron chi connectivity index (χ1n) is 3.83. The van der Waals surface area contributed by atoms with Crippen molar-refractivity contribution < 1.29 is 0 Å². The number of hydrogen-bond donors (Lipinski definition) is 1. The largest absolute Gasteiger partial charge is 0.312 e. The van der Waals surface area contributed by atoms with Crippen molar-refractivity contribution in [3.05, 3.63) is 12.2 Å². The van der Waals surface area contributed by atoms with Gasteiger partial charge in [0.15, 0.2) is 0 Å². The van der Waals surface area contributed by atoms with E-state index in [1.807, 2.05) is 18.8 Å². The van der Waals surface area contributed by atoms with Gasteiger partial charge in [0.05, 0.1) is 0 Å². The predicted octanol–water partition coefficient (Wildman–Crippen LogP) is 2.29.